The van der Waals surface area contributed by atoms with Gasteiger partial charge in [0, 0.05) is 42.7 Å². The Kier molecular flexibility index (Phi) is 11.3. The minimum absolute atomic E-state index is 0.0120. The number of hydrogen-bond acceptors (Lipinski definition) is 7. The minimum Gasteiger partial charge on any atom is -0.406 e. The van der Waals surface area contributed by atoms with Crippen molar-refractivity contribution in [3.8, 4) is 5.75 Å². The van der Waals surface area contributed by atoms with Crippen LogP contribution in [0.1, 0.15) is 36.0 Å². The molecule has 9 nitrogen and oxygen atoms in total. The Bertz CT molecular complexity index is 1950. The Labute approximate surface area is 288 Å². The molecule has 1 aliphatic heterocycles. The van der Waals surface area contributed by atoms with Crippen LogP contribution in [0.5, 0.6) is 5.75 Å². The number of carbonyl (C=O) groups is 1. The molecule has 51 heavy (non-hydrogen) atoms. The highest BCUT2D eigenvalue weighted by Crippen LogP contribution is 2.32. The molecular formula is C34H32F7N5O4S. The zero-order valence-electron chi connectivity index (χ0n) is 26.8. The van der Waals surface area contributed by atoms with Gasteiger partial charge in [-0.05, 0) is 79.4 Å². The van der Waals surface area contributed by atoms with Gasteiger partial charge >= 0.3 is 6.36 Å². The van der Waals surface area contributed by atoms with Crippen molar-refractivity contribution in [3.63, 3.8) is 0 Å². The number of nitrogens with one attached hydrogen (secondary N) is 2. The number of rotatable bonds is 11. The van der Waals surface area contributed by atoms with Crippen LogP contribution in [0.15, 0.2) is 84.0 Å². The van der Waals surface area contributed by atoms with Gasteiger partial charge in [0.05, 0.1) is 29.0 Å². The Balaban J connectivity index is 1.37. The standard InChI is InChI=1S/C34H32F7N5O4S/c1-19-15-43-16-25(46(19)51(48,49)27-9-7-26(8-10-27)50-34(39,40)41)6-11-28-29(38)17-44-18-30(28)45-33(47)32(42)31(20-2-4-22(35)5-3-20)21-12-23(36)14-24(37)13-21/h2-5,7-10,12-14,17-19,25,31-32,43H,6,11,15-16,42H2,1H3,(H,45,47)/t19-,25-,31-,32-/m0/s1. The van der Waals surface area contributed by atoms with Gasteiger partial charge in [0.2, 0.25) is 15.9 Å². The summed E-state index contributed by atoms with van der Waals surface area (Å²) < 4.78 is 128. The first-order chi connectivity index (χ1) is 24.0. The second-order valence-electron chi connectivity index (χ2n) is 11.9. The van der Waals surface area contributed by atoms with E-state index < -0.39 is 75.4 Å². The van der Waals surface area contributed by atoms with E-state index in [0.717, 1.165) is 54.7 Å². The molecule has 0 aliphatic carbocycles. The van der Waals surface area contributed by atoms with Crippen LogP contribution in [0.4, 0.5) is 36.4 Å². The number of nitrogens with two attached hydrogens (primary N) is 1. The molecule has 0 spiro atoms. The molecule has 0 unspecified atom stereocenters. The number of nitrogens with zero attached hydrogens (tertiary/aromatic N) is 2. The number of piperazine rings is 1. The molecule has 1 aliphatic rings. The van der Waals surface area contributed by atoms with Gasteiger partial charge in [-0.3, -0.25) is 9.78 Å². The number of anilines is 1. The Morgan fingerprint density at radius 3 is 2.24 bits per heavy atom. The average molecular weight is 740 g/mol. The van der Waals surface area contributed by atoms with Gasteiger partial charge in [-0.2, -0.15) is 4.31 Å². The lowest BCUT2D eigenvalue weighted by atomic mass is 9.84. The summed E-state index contributed by atoms with van der Waals surface area (Å²) in [7, 11) is -4.26. The smallest absolute Gasteiger partial charge is 0.406 e. The maximum atomic E-state index is 15.3. The number of alkyl halides is 3. The van der Waals surface area contributed by atoms with Crippen molar-refractivity contribution in [1.29, 1.82) is 0 Å². The van der Waals surface area contributed by atoms with Gasteiger partial charge in [-0.1, -0.05) is 12.1 Å². The van der Waals surface area contributed by atoms with E-state index in [0.29, 0.717) is 6.07 Å². The predicted molar refractivity (Wildman–Crippen MR) is 172 cm³/mol. The normalized spacial score (nSPS) is 18.2. The molecule has 1 fully saturated rings. The SMILES string of the molecule is C[C@H]1CNC[C@H](CCc2c(F)cncc2NC(=O)[C@@H](N)[C@@H](c2ccc(F)cc2)c2cc(F)cc(F)c2)N1S(=O)(=O)c1ccc(OC(F)(F)F)cc1. The number of ether oxygens (including phenoxy) is 1. The molecule has 1 amide bonds. The van der Waals surface area contributed by atoms with Gasteiger partial charge in [-0.25, -0.2) is 26.0 Å². The molecule has 5 rings (SSSR count). The Morgan fingerprint density at radius 2 is 1.61 bits per heavy atom. The van der Waals surface area contributed by atoms with E-state index in [4.69, 9.17) is 5.73 Å². The van der Waals surface area contributed by atoms with Crippen molar-refractivity contribution < 1.29 is 48.7 Å². The molecule has 2 heterocycles. The van der Waals surface area contributed by atoms with Crippen LogP contribution >= 0.6 is 0 Å². The maximum absolute atomic E-state index is 15.3. The molecule has 17 heteroatoms. The summed E-state index contributed by atoms with van der Waals surface area (Å²) in [5.74, 6) is -5.94. The third kappa shape index (κ3) is 9.02. The maximum Gasteiger partial charge on any atom is 0.573 e. The number of aromatic nitrogens is 1. The van der Waals surface area contributed by atoms with Crippen LogP contribution in [0.3, 0.4) is 0 Å². The zero-order valence-corrected chi connectivity index (χ0v) is 27.6. The minimum atomic E-state index is -4.96. The van der Waals surface area contributed by atoms with Crippen molar-refractivity contribution in [1.82, 2.24) is 14.6 Å². The quantitative estimate of drug-likeness (QED) is 0.171. The highest BCUT2D eigenvalue weighted by Gasteiger charge is 2.38. The van der Waals surface area contributed by atoms with E-state index in [9.17, 15) is 39.6 Å². The second kappa shape index (κ2) is 15.3. The molecule has 4 aromatic rings. The molecule has 1 saturated heterocycles. The number of sulfonamides is 1. The highest BCUT2D eigenvalue weighted by molar-refractivity contribution is 7.89. The van der Waals surface area contributed by atoms with Gasteiger partial charge < -0.3 is 21.1 Å². The van der Waals surface area contributed by atoms with Gasteiger partial charge in [0.25, 0.3) is 0 Å². The van der Waals surface area contributed by atoms with Crippen molar-refractivity contribution in [2.24, 2.45) is 5.73 Å². The second-order valence-corrected chi connectivity index (χ2v) is 13.8. The van der Waals surface area contributed by atoms with Crippen LogP contribution in [0, 0.1) is 23.3 Å². The highest BCUT2D eigenvalue weighted by atomic mass is 32.2. The van der Waals surface area contributed by atoms with Crippen LogP contribution in [0.2, 0.25) is 0 Å². The summed E-state index contributed by atoms with van der Waals surface area (Å²) >= 11 is 0. The summed E-state index contributed by atoms with van der Waals surface area (Å²) in [5.41, 5.74) is 6.48. The summed E-state index contributed by atoms with van der Waals surface area (Å²) in [6.45, 7) is 2.06. The third-order valence-electron chi connectivity index (χ3n) is 8.37. The van der Waals surface area contributed by atoms with Crippen LogP contribution in [-0.2, 0) is 21.2 Å². The Morgan fingerprint density at radius 1 is 0.961 bits per heavy atom. The van der Waals surface area contributed by atoms with Crippen molar-refractivity contribution >= 4 is 21.6 Å². The number of carbonyl (C=O) groups excluding carboxylic acids is 1. The van der Waals surface area contributed by atoms with E-state index in [1.165, 1.54) is 22.6 Å². The van der Waals surface area contributed by atoms with E-state index in [-0.39, 0.29) is 53.2 Å². The molecular weight excluding hydrogens is 707 g/mol. The fourth-order valence-electron chi connectivity index (χ4n) is 6.13. The molecule has 0 radical (unpaired) electrons. The molecule has 1 aromatic heterocycles. The number of halogens is 7. The van der Waals surface area contributed by atoms with Crippen LogP contribution < -0.4 is 21.1 Å². The fourth-order valence-corrected chi connectivity index (χ4v) is 7.97. The summed E-state index contributed by atoms with van der Waals surface area (Å²) in [4.78, 5) is 17.1. The fraction of sp³-hybridized carbons (Fsp3) is 0.294. The molecule has 0 bridgehead atoms. The van der Waals surface area contributed by atoms with E-state index >= 15 is 4.39 Å². The zero-order chi connectivity index (χ0) is 37.1. The lowest BCUT2D eigenvalue weighted by Crippen LogP contribution is -2.58. The average Bonchev–Trinajstić information content (AvgIpc) is 3.04. The third-order valence-corrected chi connectivity index (χ3v) is 10.5. The summed E-state index contributed by atoms with van der Waals surface area (Å²) in [5, 5.41) is 5.65. The monoisotopic (exact) mass is 739 g/mol. The first-order valence-electron chi connectivity index (χ1n) is 15.5. The largest absolute Gasteiger partial charge is 0.573 e. The van der Waals surface area contributed by atoms with Crippen LogP contribution in [0.25, 0.3) is 0 Å². The predicted octanol–water partition coefficient (Wildman–Crippen LogP) is 5.62. The molecule has 0 saturated carbocycles. The number of benzene rings is 3. The van der Waals surface area contributed by atoms with Crippen molar-refractivity contribution in [3.05, 3.63) is 119 Å². The number of amides is 1. The summed E-state index contributed by atoms with van der Waals surface area (Å²) in [6.07, 6.45) is -2.97. The van der Waals surface area contributed by atoms with Gasteiger partial charge in [0.15, 0.2) is 0 Å². The van der Waals surface area contributed by atoms with Gasteiger partial charge in [-0.15, -0.1) is 13.2 Å². The number of hydrogen-bond donors (Lipinski definition) is 3. The molecule has 4 N–H and O–H groups in total. The first kappa shape index (κ1) is 37.7. The topological polar surface area (TPSA) is 127 Å². The van der Waals surface area contributed by atoms with E-state index in [1.807, 2.05) is 0 Å². The molecule has 272 valence electrons. The van der Waals surface area contributed by atoms with Crippen molar-refractivity contribution in [2.45, 2.75) is 55.1 Å². The van der Waals surface area contributed by atoms with Crippen LogP contribution in [-0.4, -0.2) is 61.2 Å². The summed E-state index contributed by atoms with van der Waals surface area (Å²) in [6, 6.07) is 8.33. The lowest BCUT2D eigenvalue weighted by molar-refractivity contribution is -0.274. The van der Waals surface area contributed by atoms with Gasteiger partial charge in [0.1, 0.15) is 29.0 Å². The molecule has 4 atom stereocenters. The van der Waals surface area contributed by atoms with E-state index in [2.05, 4.69) is 20.4 Å². The van der Waals surface area contributed by atoms with E-state index in [1.54, 1.807) is 6.92 Å². The Hall–Kier alpha value is -4.58. The number of pyridine rings is 1. The van der Waals surface area contributed by atoms with Crippen molar-refractivity contribution in [2.75, 3.05) is 18.4 Å². The first-order valence-corrected chi connectivity index (χ1v) is 17.0. The lowest BCUT2D eigenvalue weighted by Gasteiger charge is -2.40. The molecule has 3 aromatic carbocycles.